The third-order valence-corrected chi connectivity index (χ3v) is 6.52. The topological polar surface area (TPSA) is 146 Å². The Kier molecular flexibility index (Phi) is 9.68. The Labute approximate surface area is 163 Å². The van der Waals surface area contributed by atoms with Crippen molar-refractivity contribution in [1.82, 2.24) is 4.42 Å². The van der Waals surface area contributed by atoms with Crippen LogP contribution in [0.2, 0.25) is 0 Å². The summed E-state index contributed by atoms with van der Waals surface area (Å²) in [6, 6.07) is 0. The van der Waals surface area contributed by atoms with Gasteiger partial charge in [0.1, 0.15) is 12.1 Å². The van der Waals surface area contributed by atoms with Crippen LogP contribution in [0.5, 0.6) is 0 Å². The molecule has 0 spiro atoms. The third-order valence-electron chi connectivity index (χ3n) is 3.44. The Hall–Kier alpha value is -0.700. The zero-order valence-corrected chi connectivity index (χ0v) is 17.2. The standard InChI is InChI=1S/C13H24ClNO10S2/c1-13(10-25-12(16)15(13)14)11-26(17,18)8-6-23-4-2-22-3-5-24-7-9-27(19,20)21/h2-11H2,1H3,(H,19,20,21). The maximum atomic E-state index is 12.1. The summed E-state index contributed by atoms with van der Waals surface area (Å²) in [6.45, 7) is 1.97. The molecule has 1 aliphatic heterocycles. The van der Waals surface area contributed by atoms with E-state index in [4.69, 9.17) is 35.3 Å². The van der Waals surface area contributed by atoms with Crippen molar-refractivity contribution in [3.63, 3.8) is 0 Å². The molecule has 11 nitrogen and oxygen atoms in total. The van der Waals surface area contributed by atoms with Gasteiger partial charge >= 0.3 is 6.09 Å². The fourth-order valence-electron chi connectivity index (χ4n) is 2.09. The number of hydrogen-bond donors (Lipinski definition) is 1. The second-order valence-corrected chi connectivity index (χ2v) is 10.1. The van der Waals surface area contributed by atoms with Crippen molar-refractivity contribution < 1.29 is 45.1 Å². The van der Waals surface area contributed by atoms with E-state index in [9.17, 15) is 21.6 Å². The molecule has 1 atom stereocenters. The van der Waals surface area contributed by atoms with E-state index in [1.807, 2.05) is 0 Å². The molecular weight excluding hydrogens is 430 g/mol. The summed E-state index contributed by atoms with van der Waals surface area (Å²) in [4.78, 5) is 11.3. The number of halogens is 1. The van der Waals surface area contributed by atoms with Gasteiger partial charge in [0.15, 0.2) is 9.84 Å². The van der Waals surface area contributed by atoms with E-state index in [2.05, 4.69) is 0 Å². The van der Waals surface area contributed by atoms with E-state index < -0.39 is 37.3 Å². The first kappa shape index (κ1) is 24.3. The largest absolute Gasteiger partial charge is 0.446 e. The highest BCUT2D eigenvalue weighted by Crippen LogP contribution is 2.27. The first-order chi connectivity index (χ1) is 12.5. The van der Waals surface area contributed by atoms with Crippen LogP contribution in [-0.2, 0) is 38.9 Å². The van der Waals surface area contributed by atoms with Crippen molar-refractivity contribution in [2.24, 2.45) is 0 Å². The maximum absolute atomic E-state index is 12.1. The average Bonchev–Trinajstić information content (AvgIpc) is 2.78. The molecule has 14 heteroatoms. The lowest BCUT2D eigenvalue weighted by molar-refractivity contribution is 0.0200. The third kappa shape index (κ3) is 9.87. The SMILES string of the molecule is CC1(CS(=O)(=O)CCOCCOCCOCCS(=O)(=O)O)COC(=O)N1Cl. The lowest BCUT2D eigenvalue weighted by Crippen LogP contribution is -2.45. The molecule has 0 bridgehead atoms. The molecule has 27 heavy (non-hydrogen) atoms. The summed E-state index contributed by atoms with van der Waals surface area (Å²) < 4.78 is 74.4. The summed E-state index contributed by atoms with van der Waals surface area (Å²) in [6.07, 6.45) is -0.773. The van der Waals surface area contributed by atoms with Crippen LogP contribution in [0.15, 0.2) is 0 Å². The molecule has 0 aromatic heterocycles. The van der Waals surface area contributed by atoms with E-state index in [-0.39, 0.29) is 57.8 Å². The maximum Gasteiger partial charge on any atom is 0.425 e. The van der Waals surface area contributed by atoms with Gasteiger partial charge in [0, 0.05) is 11.8 Å². The number of rotatable bonds is 14. The molecule has 1 unspecified atom stereocenters. The summed E-state index contributed by atoms with van der Waals surface area (Å²) >= 11 is 5.76. The fourth-order valence-corrected chi connectivity index (χ4v) is 4.32. The predicted octanol–water partition coefficient (Wildman–Crippen LogP) is -0.296. The zero-order valence-electron chi connectivity index (χ0n) is 14.8. The van der Waals surface area contributed by atoms with E-state index in [0.717, 1.165) is 4.42 Å². The average molecular weight is 454 g/mol. The van der Waals surface area contributed by atoms with Crippen molar-refractivity contribution in [3.05, 3.63) is 0 Å². The van der Waals surface area contributed by atoms with Crippen LogP contribution >= 0.6 is 11.8 Å². The molecule has 1 saturated heterocycles. The second-order valence-electron chi connectivity index (χ2n) is 6.05. The van der Waals surface area contributed by atoms with Crippen molar-refractivity contribution in [1.29, 1.82) is 0 Å². The number of sulfone groups is 1. The van der Waals surface area contributed by atoms with Gasteiger partial charge in [0.25, 0.3) is 10.1 Å². The van der Waals surface area contributed by atoms with Gasteiger partial charge in [0.2, 0.25) is 0 Å². The van der Waals surface area contributed by atoms with Crippen LogP contribution in [0.25, 0.3) is 0 Å². The molecule has 1 aliphatic rings. The minimum atomic E-state index is -4.03. The Morgan fingerprint density at radius 3 is 1.96 bits per heavy atom. The van der Waals surface area contributed by atoms with Crippen LogP contribution in [0.4, 0.5) is 4.79 Å². The van der Waals surface area contributed by atoms with Gasteiger partial charge in [-0.25, -0.2) is 17.6 Å². The van der Waals surface area contributed by atoms with E-state index in [1.54, 1.807) is 0 Å². The number of amides is 1. The molecule has 1 N–H and O–H groups in total. The molecular formula is C13H24ClNO10S2. The van der Waals surface area contributed by atoms with Crippen LogP contribution in [-0.4, -0.2) is 101 Å². The Balaban J connectivity index is 2.06. The Bertz CT molecular complexity index is 683. The van der Waals surface area contributed by atoms with Gasteiger partial charge in [0.05, 0.1) is 56.9 Å². The van der Waals surface area contributed by atoms with Crippen LogP contribution in [0.1, 0.15) is 6.92 Å². The predicted molar refractivity (Wildman–Crippen MR) is 95.0 cm³/mol. The number of nitrogens with zero attached hydrogens (tertiary/aromatic N) is 1. The highest BCUT2D eigenvalue weighted by molar-refractivity contribution is 7.91. The van der Waals surface area contributed by atoms with Gasteiger partial charge in [-0.05, 0) is 6.92 Å². The van der Waals surface area contributed by atoms with E-state index >= 15 is 0 Å². The second kappa shape index (κ2) is 10.7. The highest BCUT2D eigenvalue weighted by Gasteiger charge is 2.46. The Morgan fingerprint density at radius 1 is 1.04 bits per heavy atom. The van der Waals surface area contributed by atoms with Gasteiger partial charge in [-0.2, -0.15) is 8.42 Å². The van der Waals surface area contributed by atoms with Crippen LogP contribution in [0.3, 0.4) is 0 Å². The molecule has 0 radical (unpaired) electrons. The van der Waals surface area contributed by atoms with E-state index in [1.165, 1.54) is 6.92 Å². The molecule has 0 saturated carbocycles. The van der Waals surface area contributed by atoms with Gasteiger partial charge < -0.3 is 18.9 Å². The smallest absolute Gasteiger partial charge is 0.425 e. The van der Waals surface area contributed by atoms with Crippen molar-refractivity contribution >= 4 is 37.8 Å². The van der Waals surface area contributed by atoms with Gasteiger partial charge in [-0.3, -0.25) is 4.55 Å². The molecule has 1 rings (SSSR count). The summed E-state index contributed by atoms with van der Waals surface area (Å²) in [7, 11) is -7.54. The van der Waals surface area contributed by atoms with E-state index in [0.29, 0.717) is 0 Å². The molecule has 1 amide bonds. The number of carbonyl (C=O) groups is 1. The van der Waals surface area contributed by atoms with Crippen LogP contribution in [0, 0.1) is 0 Å². The van der Waals surface area contributed by atoms with Crippen molar-refractivity contribution in [2.75, 3.05) is 63.5 Å². The molecule has 160 valence electrons. The quantitative estimate of drug-likeness (QED) is 0.211. The molecule has 0 aliphatic carbocycles. The van der Waals surface area contributed by atoms with Gasteiger partial charge in [-0.15, -0.1) is 0 Å². The van der Waals surface area contributed by atoms with Crippen molar-refractivity contribution in [3.8, 4) is 0 Å². The lowest BCUT2D eigenvalue weighted by atomic mass is 10.1. The fraction of sp³-hybridized carbons (Fsp3) is 0.923. The molecule has 1 heterocycles. The minimum absolute atomic E-state index is 0.0380. The van der Waals surface area contributed by atoms with Crippen LogP contribution < -0.4 is 0 Å². The van der Waals surface area contributed by atoms with Crippen molar-refractivity contribution in [2.45, 2.75) is 12.5 Å². The first-order valence-electron chi connectivity index (χ1n) is 7.97. The molecule has 1 fully saturated rings. The monoisotopic (exact) mass is 453 g/mol. The number of hydrogen-bond acceptors (Lipinski definition) is 9. The zero-order chi connectivity index (χ0) is 20.6. The normalized spacial score (nSPS) is 20.9. The first-order valence-corrected chi connectivity index (χ1v) is 11.7. The minimum Gasteiger partial charge on any atom is -0.446 e. The summed E-state index contributed by atoms with van der Waals surface area (Å²) in [5.74, 6) is -1.05. The lowest BCUT2D eigenvalue weighted by Gasteiger charge is -2.25. The number of cyclic esters (lactones) is 1. The summed E-state index contributed by atoms with van der Waals surface area (Å²) in [5, 5.41) is 0. The highest BCUT2D eigenvalue weighted by atomic mass is 35.5. The number of ether oxygens (including phenoxy) is 4. The molecule has 0 aromatic rings. The Morgan fingerprint density at radius 2 is 1.52 bits per heavy atom. The van der Waals surface area contributed by atoms with Gasteiger partial charge in [-0.1, -0.05) is 0 Å². The molecule has 0 aromatic carbocycles. The number of carbonyl (C=O) groups excluding carboxylic acids is 1. The summed E-state index contributed by atoms with van der Waals surface area (Å²) in [5.41, 5.74) is -1.12.